The first-order valence-electron chi connectivity index (χ1n) is 8.52. The van der Waals surface area contributed by atoms with Gasteiger partial charge in [-0.15, -0.1) is 6.42 Å². The Morgan fingerprint density at radius 2 is 1.81 bits per heavy atom. The van der Waals surface area contributed by atoms with E-state index in [-0.39, 0.29) is 25.5 Å². The molecule has 5 heteroatoms. The number of carbonyl (C=O) groups is 2. The van der Waals surface area contributed by atoms with Crippen LogP contribution in [0.5, 0.6) is 0 Å². The normalized spacial score (nSPS) is 11.4. The van der Waals surface area contributed by atoms with Crippen molar-refractivity contribution in [2.75, 3.05) is 18.1 Å². The highest BCUT2D eigenvalue weighted by Crippen LogP contribution is 2.25. The molecule has 27 heavy (non-hydrogen) atoms. The lowest BCUT2D eigenvalue weighted by atomic mass is 10.0. The van der Waals surface area contributed by atoms with Gasteiger partial charge in [0.15, 0.2) is 6.61 Å². The van der Waals surface area contributed by atoms with Crippen molar-refractivity contribution in [3.05, 3.63) is 65.2 Å². The standard InChI is InChI=1S/C22H18N2O3/c1-2-15-27-22(26)23-14-13-21(25)24-16-19-9-4-3-7-17(19)11-12-18-8-5-6-10-20(18)24/h1,3-10H,13-16H2,(H,23,26). The molecular formula is C22H18N2O3. The number of para-hydroxylation sites is 1. The molecule has 0 saturated heterocycles. The maximum absolute atomic E-state index is 12.9. The van der Waals surface area contributed by atoms with Crippen molar-refractivity contribution >= 4 is 17.7 Å². The molecule has 3 rings (SSSR count). The third-order valence-electron chi connectivity index (χ3n) is 4.07. The van der Waals surface area contributed by atoms with Crippen LogP contribution in [0.3, 0.4) is 0 Å². The van der Waals surface area contributed by atoms with Gasteiger partial charge in [-0.05, 0) is 23.8 Å². The van der Waals surface area contributed by atoms with Crippen LogP contribution in [0.15, 0.2) is 48.5 Å². The predicted molar refractivity (Wildman–Crippen MR) is 103 cm³/mol. The highest BCUT2D eigenvalue weighted by molar-refractivity contribution is 5.95. The largest absolute Gasteiger partial charge is 0.436 e. The number of hydrogen-bond donors (Lipinski definition) is 1. The van der Waals surface area contributed by atoms with E-state index in [1.165, 1.54) is 0 Å². The van der Waals surface area contributed by atoms with Crippen LogP contribution in [-0.4, -0.2) is 25.2 Å². The van der Waals surface area contributed by atoms with Crippen molar-refractivity contribution in [2.45, 2.75) is 13.0 Å². The number of nitrogens with zero attached hydrogens (tertiary/aromatic N) is 1. The number of anilines is 1. The van der Waals surface area contributed by atoms with Gasteiger partial charge in [0.2, 0.25) is 5.91 Å². The van der Waals surface area contributed by atoms with E-state index >= 15 is 0 Å². The van der Waals surface area contributed by atoms with E-state index in [9.17, 15) is 9.59 Å². The number of benzene rings is 2. The fourth-order valence-electron chi connectivity index (χ4n) is 2.77. The first-order valence-corrected chi connectivity index (χ1v) is 8.52. The Kier molecular flexibility index (Phi) is 5.77. The van der Waals surface area contributed by atoms with Gasteiger partial charge in [-0.2, -0.15) is 0 Å². The third kappa shape index (κ3) is 4.48. The van der Waals surface area contributed by atoms with Gasteiger partial charge in [0.25, 0.3) is 0 Å². The lowest BCUT2D eigenvalue weighted by Gasteiger charge is -2.26. The van der Waals surface area contributed by atoms with Gasteiger partial charge in [-0.1, -0.05) is 48.1 Å². The van der Waals surface area contributed by atoms with E-state index in [2.05, 4.69) is 23.1 Å². The number of fused-ring (bicyclic) bond motifs is 2. The number of nitrogens with one attached hydrogen (secondary N) is 1. The van der Waals surface area contributed by atoms with Crippen LogP contribution in [0.1, 0.15) is 23.1 Å². The number of hydrogen-bond acceptors (Lipinski definition) is 3. The molecule has 5 nitrogen and oxygen atoms in total. The lowest BCUT2D eigenvalue weighted by molar-refractivity contribution is -0.118. The topological polar surface area (TPSA) is 58.6 Å². The second-order valence-electron chi connectivity index (χ2n) is 5.86. The van der Waals surface area contributed by atoms with Gasteiger partial charge in [0, 0.05) is 24.1 Å². The minimum atomic E-state index is -0.634. The van der Waals surface area contributed by atoms with E-state index in [0.717, 1.165) is 22.4 Å². The Bertz CT molecular complexity index is 963. The molecule has 0 unspecified atom stereocenters. The molecule has 2 amide bonds. The number of alkyl carbamates (subject to hydrolysis) is 1. The summed E-state index contributed by atoms with van der Waals surface area (Å²) in [5, 5.41) is 2.53. The van der Waals surface area contributed by atoms with Gasteiger partial charge < -0.3 is 15.0 Å². The van der Waals surface area contributed by atoms with E-state index < -0.39 is 6.09 Å². The van der Waals surface area contributed by atoms with E-state index in [1.807, 2.05) is 48.5 Å². The second-order valence-corrected chi connectivity index (χ2v) is 5.86. The lowest BCUT2D eigenvalue weighted by Crippen LogP contribution is -2.35. The van der Waals surface area contributed by atoms with Gasteiger partial charge in [-0.3, -0.25) is 4.79 Å². The van der Waals surface area contributed by atoms with Crippen LogP contribution in [-0.2, 0) is 16.1 Å². The maximum Gasteiger partial charge on any atom is 0.408 e. The van der Waals surface area contributed by atoms with Crippen molar-refractivity contribution in [1.82, 2.24) is 5.32 Å². The van der Waals surface area contributed by atoms with Crippen molar-refractivity contribution in [3.63, 3.8) is 0 Å². The Morgan fingerprint density at radius 3 is 2.63 bits per heavy atom. The van der Waals surface area contributed by atoms with Gasteiger partial charge >= 0.3 is 6.09 Å². The van der Waals surface area contributed by atoms with Crippen LogP contribution >= 0.6 is 0 Å². The number of carbonyl (C=O) groups excluding carboxylic acids is 2. The molecule has 0 aliphatic carbocycles. The summed E-state index contributed by atoms with van der Waals surface area (Å²) < 4.78 is 4.73. The highest BCUT2D eigenvalue weighted by Gasteiger charge is 2.21. The average molecular weight is 358 g/mol. The fourth-order valence-corrected chi connectivity index (χ4v) is 2.77. The number of ether oxygens (including phenoxy) is 1. The highest BCUT2D eigenvalue weighted by atomic mass is 16.5. The summed E-state index contributed by atoms with van der Waals surface area (Å²) in [7, 11) is 0. The minimum absolute atomic E-state index is 0.102. The molecule has 134 valence electrons. The predicted octanol–water partition coefficient (Wildman–Crippen LogP) is 2.68. The van der Waals surface area contributed by atoms with Crippen LogP contribution in [0.4, 0.5) is 10.5 Å². The van der Waals surface area contributed by atoms with Crippen LogP contribution in [0.25, 0.3) is 0 Å². The van der Waals surface area contributed by atoms with Crippen molar-refractivity contribution in [3.8, 4) is 24.2 Å². The van der Waals surface area contributed by atoms with Crippen LogP contribution in [0.2, 0.25) is 0 Å². The summed E-state index contributed by atoms with van der Waals surface area (Å²) in [6.07, 6.45) is 4.54. The molecule has 0 spiro atoms. The first-order chi connectivity index (χ1) is 13.2. The van der Waals surface area contributed by atoms with Gasteiger partial charge in [0.1, 0.15) is 0 Å². The van der Waals surface area contributed by atoms with Crippen molar-refractivity contribution < 1.29 is 14.3 Å². The molecule has 0 saturated carbocycles. The molecular weight excluding hydrogens is 340 g/mol. The van der Waals surface area contributed by atoms with Gasteiger partial charge in [-0.25, -0.2) is 4.79 Å². The molecule has 0 radical (unpaired) electrons. The van der Waals surface area contributed by atoms with Crippen molar-refractivity contribution in [1.29, 1.82) is 0 Å². The summed E-state index contributed by atoms with van der Waals surface area (Å²) in [4.78, 5) is 26.0. The van der Waals surface area contributed by atoms with E-state index in [0.29, 0.717) is 6.54 Å². The second kappa shape index (κ2) is 8.60. The smallest absolute Gasteiger partial charge is 0.408 e. The molecule has 0 bridgehead atoms. The number of amides is 2. The van der Waals surface area contributed by atoms with Crippen molar-refractivity contribution in [2.24, 2.45) is 0 Å². The summed E-state index contributed by atoms with van der Waals surface area (Å²) in [5.41, 5.74) is 3.44. The number of rotatable bonds is 4. The molecule has 1 aliphatic heterocycles. The van der Waals surface area contributed by atoms with Crippen LogP contribution < -0.4 is 10.2 Å². The van der Waals surface area contributed by atoms with Gasteiger partial charge in [0.05, 0.1) is 12.2 Å². The minimum Gasteiger partial charge on any atom is -0.436 e. The Hall–Kier alpha value is -3.70. The molecule has 2 aromatic carbocycles. The maximum atomic E-state index is 12.9. The summed E-state index contributed by atoms with van der Waals surface area (Å²) in [6.45, 7) is 0.477. The molecule has 1 aliphatic rings. The van der Waals surface area contributed by atoms with E-state index in [4.69, 9.17) is 11.2 Å². The van der Waals surface area contributed by atoms with E-state index in [1.54, 1.807) is 4.90 Å². The molecule has 0 atom stereocenters. The fraction of sp³-hybridized carbons (Fsp3) is 0.182. The monoisotopic (exact) mass is 358 g/mol. The van der Waals surface area contributed by atoms with Crippen LogP contribution in [0, 0.1) is 24.2 Å². The zero-order chi connectivity index (χ0) is 19.1. The third-order valence-corrected chi connectivity index (χ3v) is 4.07. The SMILES string of the molecule is C#CCOC(=O)NCCC(=O)N1Cc2ccccc2C#Cc2ccccc21. The summed E-state index contributed by atoms with van der Waals surface area (Å²) in [5.74, 6) is 8.43. The Balaban J connectivity index is 1.78. The first kappa shape index (κ1) is 18.1. The Morgan fingerprint density at radius 1 is 1.11 bits per heavy atom. The quantitative estimate of drug-likeness (QED) is 0.855. The molecule has 0 fully saturated rings. The zero-order valence-electron chi connectivity index (χ0n) is 14.7. The molecule has 1 heterocycles. The number of terminal acetylenes is 1. The molecule has 1 N–H and O–H groups in total. The summed E-state index contributed by atoms with van der Waals surface area (Å²) in [6, 6.07) is 15.3. The molecule has 0 aromatic heterocycles. The molecule has 2 aromatic rings. The Labute approximate surface area is 158 Å². The average Bonchev–Trinajstić information content (AvgIpc) is 2.68. The summed E-state index contributed by atoms with van der Waals surface area (Å²) >= 11 is 0. The zero-order valence-corrected chi connectivity index (χ0v) is 14.7.